The molecule has 0 unspecified atom stereocenters. The molecule has 0 saturated carbocycles. The van der Waals surface area contributed by atoms with Gasteiger partial charge in [0.15, 0.2) is 10.9 Å². The van der Waals surface area contributed by atoms with Gasteiger partial charge < -0.3 is 15.1 Å². The maximum absolute atomic E-state index is 12.6. The molecule has 0 aliphatic carbocycles. The number of benzene rings is 2. The highest BCUT2D eigenvalue weighted by Crippen LogP contribution is 2.29. The Labute approximate surface area is 185 Å². The Bertz CT molecular complexity index is 1210. The second kappa shape index (κ2) is 8.81. The van der Waals surface area contributed by atoms with Crippen molar-refractivity contribution in [1.29, 1.82) is 0 Å². The van der Waals surface area contributed by atoms with Crippen LogP contribution in [0.5, 0.6) is 0 Å². The summed E-state index contributed by atoms with van der Waals surface area (Å²) in [5, 5.41) is 6.20. The fourth-order valence-electron chi connectivity index (χ4n) is 2.89. The molecular weight excluding hydrogens is 466 g/mol. The van der Waals surface area contributed by atoms with E-state index in [0.717, 1.165) is 26.7 Å². The Morgan fingerprint density at radius 1 is 1.07 bits per heavy atom. The quantitative estimate of drug-likeness (QED) is 0.336. The molecule has 4 rings (SSSR count). The number of aromatic nitrogens is 1. The first-order valence-corrected chi connectivity index (χ1v) is 11.0. The normalized spacial score (nSPS) is 10.9. The number of carbonyl (C=O) groups excluding carboxylic acids is 2. The van der Waals surface area contributed by atoms with Crippen LogP contribution in [-0.2, 0) is 4.79 Å². The number of halogens is 1. The van der Waals surface area contributed by atoms with Gasteiger partial charge in [-0.05, 0) is 48.9 Å². The van der Waals surface area contributed by atoms with Crippen molar-refractivity contribution in [1.82, 2.24) is 4.98 Å². The average Bonchev–Trinajstić information content (AvgIpc) is 3.35. The van der Waals surface area contributed by atoms with Crippen LogP contribution >= 0.6 is 27.3 Å². The number of hydrogen-bond donors (Lipinski definition) is 2. The highest BCUT2D eigenvalue weighted by Gasteiger charge is 2.14. The van der Waals surface area contributed by atoms with E-state index in [1.807, 2.05) is 43.3 Å². The summed E-state index contributed by atoms with van der Waals surface area (Å²) in [5.74, 6) is 0.464. The highest BCUT2D eigenvalue weighted by atomic mass is 79.9. The van der Waals surface area contributed by atoms with Gasteiger partial charge in [-0.2, -0.15) is 0 Å². The van der Waals surface area contributed by atoms with Gasteiger partial charge in [0.25, 0.3) is 5.91 Å². The minimum Gasteiger partial charge on any atom is -0.451 e. The highest BCUT2D eigenvalue weighted by molar-refractivity contribution is 9.10. The molecule has 0 saturated heterocycles. The summed E-state index contributed by atoms with van der Waals surface area (Å²) < 4.78 is 7.56. The molecule has 0 aliphatic heterocycles. The van der Waals surface area contributed by atoms with E-state index in [4.69, 9.17) is 4.42 Å². The summed E-state index contributed by atoms with van der Waals surface area (Å²) in [4.78, 5) is 28.8. The molecule has 0 spiro atoms. The number of hydrogen-bond acceptors (Lipinski definition) is 5. The molecule has 0 atom stereocenters. The lowest BCUT2D eigenvalue weighted by Gasteiger charge is -2.03. The third-order valence-corrected chi connectivity index (χ3v) is 5.79. The van der Waals surface area contributed by atoms with Crippen LogP contribution < -0.4 is 10.6 Å². The van der Waals surface area contributed by atoms with Crippen molar-refractivity contribution < 1.29 is 14.0 Å². The van der Waals surface area contributed by atoms with E-state index in [2.05, 4.69) is 31.5 Å². The summed E-state index contributed by atoms with van der Waals surface area (Å²) in [6.07, 6.45) is 1.24. The van der Waals surface area contributed by atoms with Gasteiger partial charge >= 0.3 is 0 Å². The van der Waals surface area contributed by atoms with Crippen LogP contribution in [0.2, 0.25) is 0 Å². The zero-order valence-corrected chi connectivity index (χ0v) is 18.5. The summed E-state index contributed by atoms with van der Waals surface area (Å²) in [5.41, 5.74) is 2.28. The second-order valence-electron chi connectivity index (χ2n) is 6.62. The zero-order valence-electron chi connectivity index (χ0n) is 16.1. The Morgan fingerprint density at radius 2 is 1.87 bits per heavy atom. The molecule has 2 aromatic heterocycles. The first-order valence-electron chi connectivity index (χ1n) is 9.39. The number of fused-ring (bicyclic) bond motifs is 1. The van der Waals surface area contributed by atoms with E-state index >= 15 is 0 Å². The molecule has 4 aromatic rings. The number of thiazole rings is 1. The Hall–Kier alpha value is -2.97. The molecule has 30 heavy (non-hydrogen) atoms. The minimum absolute atomic E-state index is 0.0514. The molecule has 8 heteroatoms. The van der Waals surface area contributed by atoms with Crippen LogP contribution in [-0.4, -0.2) is 16.8 Å². The molecule has 152 valence electrons. The largest absolute Gasteiger partial charge is 0.451 e. The van der Waals surface area contributed by atoms with Crippen molar-refractivity contribution in [2.24, 2.45) is 0 Å². The van der Waals surface area contributed by atoms with Crippen LogP contribution in [0.1, 0.15) is 30.3 Å². The molecule has 0 fully saturated rings. The van der Waals surface area contributed by atoms with Crippen molar-refractivity contribution in [2.75, 3.05) is 10.6 Å². The zero-order chi connectivity index (χ0) is 21.1. The van der Waals surface area contributed by atoms with Crippen LogP contribution in [0, 0.1) is 0 Å². The summed E-state index contributed by atoms with van der Waals surface area (Å²) in [7, 11) is 0. The first kappa shape index (κ1) is 20.3. The number of furan rings is 1. The lowest BCUT2D eigenvalue weighted by molar-refractivity contribution is -0.116. The molecule has 2 amide bonds. The number of amides is 2. The Balaban J connectivity index is 1.47. The fourth-order valence-corrected chi connectivity index (χ4v) is 4.07. The van der Waals surface area contributed by atoms with Crippen molar-refractivity contribution in [2.45, 2.75) is 19.8 Å². The van der Waals surface area contributed by atoms with E-state index < -0.39 is 0 Å². The third-order valence-electron chi connectivity index (χ3n) is 4.33. The maximum Gasteiger partial charge on any atom is 0.291 e. The van der Waals surface area contributed by atoms with Crippen molar-refractivity contribution in [3.05, 3.63) is 64.8 Å². The van der Waals surface area contributed by atoms with E-state index in [1.54, 1.807) is 18.2 Å². The van der Waals surface area contributed by atoms with Gasteiger partial charge in [0.05, 0.1) is 10.2 Å². The van der Waals surface area contributed by atoms with Gasteiger partial charge in [-0.3, -0.25) is 9.59 Å². The summed E-state index contributed by atoms with van der Waals surface area (Å²) in [6, 6.07) is 16.5. The first-order chi connectivity index (χ1) is 14.5. The lowest BCUT2D eigenvalue weighted by atomic mass is 10.2. The van der Waals surface area contributed by atoms with Gasteiger partial charge in [0.2, 0.25) is 5.91 Å². The number of anilines is 2. The van der Waals surface area contributed by atoms with Gasteiger partial charge in [0, 0.05) is 22.1 Å². The molecule has 0 radical (unpaired) electrons. The standard InChI is InChI=1S/C22H18BrN3O3S/c1-2-3-20(27)26-22-25-16-9-8-15(12-19(16)30-22)24-21(28)18-11-10-17(29-18)13-4-6-14(23)7-5-13/h4-12H,2-3H2,1H3,(H,24,28)(H,25,26,27). The van der Waals surface area contributed by atoms with E-state index in [0.29, 0.717) is 23.0 Å². The van der Waals surface area contributed by atoms with Gasteiger partial charge in [-0.25, -0.2) is 4.98 Å². The van der Waals surface area contributed by atoms with Crippen LogP contribution in [0.3, 0.4) is 0 Å². The molecular formula is C22H18BrN3O3S. The number of carbonyl (C=O) groups is 2. The van der Waals surface area contributed by atoms with E-state index in [9.17, 15) is 9.59 Å². The third kappa shape index (κ3) is 4.60. The molecule has 2 N–H and O–H groups in total. The number of rotatable bonds is 6. The smallest absolute Gasteiger partial charge is 0.291 e. The molecule has 6 nitrogen and oxygen atoms in total. The molecule has 0 aliphatic rings. The predicted molar refractivity (Wildman–Crippen MR) is 123 cm³/mol. The Morgan fingerprint density at radius 3 is 2.63 bits per heavy atom. The van der Waals surface area contributed by atoms with Crippen molar-refractivity contribution in [3.63, 3.8) is 0 Å². The Kier molecular flexibility index (Phi) is 5.96. The van der Waals surface area contributed by atoms with Crippen LogP contribution in [0.15, 0.2) is 63.5 Å². The molecule has 2 aromatic carbocycles. The van der Waals surface area contributed by atoms with Crippen molar-refractivity contribution >= 4 is 60.1 Å². The summed E-state index contributed by atoms with van der Waals surface area (Å²) >= 11 is 4.77. The monoisotopic (exact) mass is 483 g/mol. The minimum atomic E-state index is -0.335. The SMILES string of the molecule is CCCC(=O)Nc1nc2ccc(NC(=O)c3ccc(-c4ccc(Br)cc4)o3)cc2s1. The van der Waals surface area contributed by atoms with Crippen LogP contribution in [0.25, 0.3) is 21.5 Å². The van der Waals surface area contributed by atoms with E-state index in [-0.39, 0.29) is 17.6 Å². The maximum atomic E-state index is 12.6. The molecule has 0 bridgehead atoms. The van der Waals surface area contributed by atoms with Gasteiger partial charge in [0.1, 0.15) is 5.76 Å². The lowest BCUT2D eigenvalue weighted by Crippen LogP contribution is -2.10. The number of nitrogens with zero attached hydrogens (tertiary/aromatic N) is 1. The summed E-state index contributed by atoms with van der Waals surface area (Å²) in [6.45, 7) is 1.95. The van der Waals surface area contributed by atoms with E-state index in [1.165, 1.54) is 11.3 Å². The van der Waals surface area contributed by atoms with Gasteiger partial charge in [-0.15, -0.1) is 0 Å². The fraction of sp³-hybridized carbons (Fsp3) is 0.136. The van der Waals surface area contributed by atoms with Gasteiger partial charge in [-0.1, -0.05) is 46.3 Å². The molecule has 2 heterocycles. The average molecular weight is 484 g/mol. The predicted octanol–water partition coefficient (Wildman–Crippen LogP) is 6.31. The topological polar surface area (TPSA) is 84.2 Å². The number of nitrogens with one attached hydrogen (secondary N) is 2. The second-order valence-corrected chi connectivity index (χ2v) is 8.57. The van der Waals surface area contributed by atoms with Crippen LogP contribution in [0.4, 0.5) is 10.8 Å². The van der Waals surface area contributed by atoms with Crippen molar-refractivity contribution in [3.8, 4) is 11.3 Å².